The lowest BCUT2D eigenvalue weighted by Gasteiger charge is -2.06. The van der Waals surface area contributed by atoms with Gasteiger partial charge >= 0.3 is 0 Å². The summed E-state index contributed by atoms with van der Waals surface area (Å²) in [6.45, 7) is 4.74. The van der Waals surface area contributed by atoms with Crippen LogP contribution >= 0.6 is 15.9 Å². The monoisotopic (exact) mass is 308 g/mol. The Labute approximate surface area is 115 Å². The Morgan fingerprint density at radius 2 is 2.06 bits per heavy atom. The summed E-state index contributed by atoms with van der Waals surface area (Å²) in [5.74, 6) is 0.837. The van der Waals surface area contributed by atoms with Gasteiger partial charge in [-0.2, -0.15) is 5.10 Å². The normalized spacial score (nSPS) is 10.9. The van der Waals surface area contributed by atoms with E-state index in [1.807, 2.05) is 16.8 Å². The summed E-state index contributed by atoms with van der Waals surface area (Å²) < 4.78 is 2.87. The van der Waals surface area contributed by atoms with Crippen molar-refractivity contribution in [2.24, 2.45) is 5.73 Å². The van der Waals surface area contributed by atoms with Crippen molar-refractivity contribution >= 4 is 15.9 Å². The third-order valence-electron chi connectivity index (χ3n) is 2.98. The molecule has 5 heteroatoms. The number of rotatable bonds is 4. The number of pyridine rings is 1. The Balaban J connectivity index is 2.56. The fourth-order valence-electron chi connectivity index (χ4n) is 2.10. The van der Waals surface area contributed by atoms with Gasteiger partial charge in [-0.25, -0.2) is 9.67 Å². The van der Waals surface area contributed by atoms with Crippen LogP contribution in [0.25, 0.3) is 5.82 Å². The lowest BCUT2D eigenvalue weighted by Crippen LogP contribution is -2.06. The number of hydrogen-bond acceptors (Lipinski definition) is 3. The van der Waals surface area contributed by atoms with Crippen molar-refractivity contribution in [1.82, 2.24) is 14.8 Å². The molecule has 0 amide bonds. The smallest absolute Gasteiger partial charge is 0.153 e. The summed E-state index contributed by atoms with van der Waals surface area (Å²) in [7, 11) is 0. The van der Waals surface area contributed by atoms with Crippen LogP contribution in [0.5, 0.6) is 0 Å². The first-order valence-corrected chi connectivity index (χ1v) is 6.92. The van der Waals surface area contributed by atoms with Crippen LogP contribution in [0, 0.1) is 0 Å². The molecule has 0 unspecified atom stereocenters. The zero-order chi connectivity index (χ0) is 13.1. The highest BCUT2D eigenvalue weighted by atomic mass is 79.9. The molecule has 0 bridgehead atoms. The maximum absolute atomic E-state index is 5.84. The highest BCUT2D eigenvalue weighted by molar-refractivity contribution is 9.10. The van der Waals surface area contributed by atoms with Crippen LogP contribution in [0.2, 0.25) is 0 Å². The molecule has 0 saturated heterocycles. The lowest BCUT2D eigenvalue weighted by molar-refractivity contribution is 0.770. The van der Waals surface area contributed by atoms with E-state index in [1.54, 1.807) is 6.20 Å². The first-order chi connectivity index (χ1) is 8.71. The second kappa shape index (κ2) is 5.63. The Kier molecular flexibility index (Phi) is 4.14. The van der Waals surface area contributed by atoms with Crippen molar-refractivity contribution in [3.63, 3.8) is 0 Å². The van der Waals surface area contributed by atoms with E-state index in [2.05, 4.69) is 39.9 Å². The van der Waals surface area contributed by atoms with Gasteiger partial charge in [-0.1, -0.05) is 13.8 Å². The number of aryl methyl sites for hydroxylation is 1. The van der Waals surface area contributed by atoms with Crippen LogP contribution in [0.4, 0.5) is 0 Å². The second-order valence-electron chi connectivity index (χ2n) is 4.03. The quantitative estimate of drug-likeness (QED) is 0.944. The third-order valence-corrected chi connectivity index (χ3v) is 3.44. The van der Waals surface area contributed by atoms with Gasteiger partial charge in [-0.05, 0) is 40.9 Å². The predicted octanol–water partition coefficient (Wildman–Crippen LogP) is 2.61. The number of halogens is 1. The van der Waals surface area contributed by atoms with Crippen LogP contribution in [-0.4, -0.2) is 14.8 Å². The third kappa shape index (κ3) is 2.33. The molecule has 0 spiro atoms. The van der Waals surface area contributed by atoms with Gasteiger partial charge in [-0.15, -0.1) is 0 Å². The maximum Gasteiger partial charge on any atom is 0.153 e. The summed E-state index contributed by atoms with van der Waals surface area (Å²) in [5, 5.41) is 4.63. The van der Waals surface area contributed by atoms with E-state index in [0.717, 1.165) is 40.1 Å². The van der Waals surface area contributed by atoms with Crippen LogP contribution in [0.3, 0.4) is 0 Å². The number of aromatic nitrogens is 3. The average Bonchev–Trinajstić information content (AvgIpc) is 2.77. The molecule has 2 aromatic heterocycles. The van der Waals surface area contributed by atoms with Gasteiger partial charge < -0.3 is 5.73 Å². The summed E-state index contributed by atoms with van der Waals surface area (Å²) in [6, 6.07) is 3.92. The summed E-state index contributed by atoms with van der Waals surface area (Å²) >= 11 is 3.39. The van der Waals surface area contributed by atoms with Gasteiger partial charge in [0.25, 0.3) is 0 Å². The zero-order valence-corrected chi connectivity index (χ0v) is 12.2. The van der Waals surface area contributed by atoms with Gasteiger partial charge in [-0.3, -0.25) is 0 Å². The summed E-state index contributed by atoms with van der Waals surface area (Å²) in [5.41, 5.74) is 9.22. The average molecular weight is 309 g/mol. The minimum Gasteiger partial charge on any atom is -0.326 e. The van der Waals surface area contributed by atoms with Gasteiger partial charge in [0.1, 0.15) is 0 Å². The number of nitrogens with zero attached hydrogens (tertiary/aromatic N) is 3. The molecule has 2 rings (SSSR count). The van der Waals surface area contributed by atoms with Crippen molar-refractivity contribution < 1.29 is 0 Å². The SMILES string of the molecule is CCc1nn(-c2ccc(Br)cn2)c(CC)c1CN. The van der Waals surface area contributed by atoms with E-state index in [-0.39, 0.29) is 0 Å². The highest BCUT2D eigenvalue weighted by Crippen LogP contribution is 2.19. The molecule has 0 aliphatic rings. The molecule has 18 heavy (non-hydrogen) atoms. The molecule has 0 aliphatic heterocycles. The van der Waals surface area contributed by atoms with E-state index in [1.165, 1.54) is 0 Å². The lowest BCUT2D eigenvalue weighted by atomic mass is 10.1. The summed E-state index contributed by atoms with van der Waals surface area (Å²) in [6.07, 6.45) is 3.57. The second-order valence-corrected chi connectivity index (χ2v) is 4.95. The van der Waals surface area contributed by atoms with Gasteiger partial charge in [0.05, 0.1) is 11.4 Å². The minimum atomic E-state index is 0.531. The molecule has 0 atom stereocenters. The van der Waals surface area contributed by atoms with Gasteiger partial charge in [0.15, 0.2) is 5.82 Å². The molecule has 0 aromatic carbocycles. The molecule has 0 radical (unpaired) electrons. The molecule has 0 aliphatic carbocycles. The Morgan fingerprint density at radius 1 is 1.28 bits per heavy atom. The molecule has 2 N–H and O–H groups in total. The molecule has 0 fully saturated rings. The van der Waals surface area contributed by atoms with Crippen LogP contribution < -0.4 is 5.73 Å². The van der Waals surface area contributed by atoms with Crippen LogP contribution in [-0.2, 0) is 19.4 Å². The predicted molar refractivity (Wildman–Crippen MR) is 75.7 cm³/mol. The van der Waals surface area contributed by atoms with Crippen molar-refractivity contribution in [2.75, 3.05) is 0 Å². The topological polar surface area (TPSA) is 56.7 Å². The van der Waals surface area contributed by atoms with Crippen molar-refractivity contribution in [3.8, 4) is 5.82 Å². The minimum absolute atomic E-state index is 0.531. The molecule has 2 heterocycles. The Bertz CT molecular complexity index is 531. The zero-order valence-electron chi connectivity index (χ0n) is 10.7. The van der Waals surface area contributed by atoms with Crippen molar-refractivity contribution in [2.45, 2.75) is 33.2 Å². The van der Waals surface area contributed by atoms with Crippen LogP contribution in [0.15, 0.2) is 22.8 Å². The Morgan fingerprint density at radius 3 is 2.56 bits per heavy atom. The summed E-state index contributed by atoms with van der Waals surface area (Å²) in [4.78, 5) is 4.39. The van der Waals surface area contributed by atoms with Crippen molar-refractivity contribution in [3.05, 3.63) is 39.8 Å². The molecular weight excluding hydrogens is 292 g/mol. The van der Waals surface area contributed by atoms with Crippen molar-refractivity contribution in [1.29, 1.82) is 0 Å². The molecule has 0 saturated carbocycles. The van der Waals surface area contributed by atoms with Crippen LogP contribution in [0.1, 0.15) is 30.8 Å². The van der Waals surface area contributed by atoms with Gasteiger partial charge in [0.2, 0.25) is 0 Å². The molecular formula is C13H17BrN4. The molecule has 96 valence electrons. The highest BCUT2D eigenvalue weighted by Gasteiger charge is 2.15. The molecule has 2 aromatic rings. The molecule has 4 nitrogen and oxygen atoms in total. The largest absolute Gasteiger partial charge is 0.326 e. The van der Waals surface area contributed by atoms with E-state index >= 15 is 0 Å². The van der Waals surface area contributed by atoms with Gasteiger partial charge in [0, 0.05) is 22.8 Å². The van der Waals surface area contributed by atoms with E-state index < -0.39 is 0 Å². The first kappa shape index (κ1) is 13.2. The fraction of sp³-hybridized carbons (Fsp3) is 0.385. The van der Waals surface area contributed by atoms with E-state index in [0.29, 0.717) is 6.54 Å². The fourth-order valence-corrected chi connectivity index (χ4v) is 2.34. The Hall–Kier alpha value is -1.20. The standard InChI is InChI=1S/C13H17BrN4/c1-3-11-10(7-15)12(4-2)18(17-11)13-6-5-9(14)8-16-13/h5-6,8H,3-4,7,15H2,1-2H3. The maximum atomic E-state index is 5.84. The first-order valence-electron chi connectivity index (χ1n) is 6.12. The van der Waals surface area contributed by atoms with E-state index in [9.17, 15) is 0 Å². The number of nitrogens with two attached hydrogens (primary N) is 1. The number of hydrogen-bond donors (Lipinski definition) is 1. The van der Waals surface area contributed by atoms with E-state index in [4.69, 9.17) is 5.73 Å².